The number of likely N-dealkylation sites (N-methyl/N-ethyl adjacent to an activating group) is 1. The Bertz CT molecular complexity index is 297. The van der Waals surface area contributed by atoms with Crippen LogP contribution in [0.5, 0.6) is 0 Å². The summed E-state index contributed by atoms with van der Waals surface area (Å²) in [4.78, 5) is 14.3. The number of amides is 1. The zero-order valence-electron chi connectivity index (χ0n) is 12.8. The summed E-state index contributed by atoms with van der Waals surface area (Å²) in [6.45, 7) is 9.56. The Morgan fingerprint density at radius 2 is 1.95 bits per heavy atom. The maximum Gasteiger partial charge on any atom is 0.222 e. The second-order valence-corrected chi connectivity index (χ2v) is 6.72. The van der Waals surface area contributed by atoms with Crippen molar-refractivity contribution in [3.63, 3.8) is 0 Å². The first-order valence-electron chi connectivity index (χ1n) is 8.13. The Kier molecular flexibility index (Phi) is 5.26. The van der Waals surface area contributed by atoms with Crippen LogP contribution in [0.3, 0.4) is 0 Å². The van der Waals surface area contributed by atoms with Gasteiger partial charge < -0.3 is 10.2 Å². The minimum absolute atomic E-state index is 0.375. The van der Waals surface area contributed by atoms with E-state index in [1.807, 2.05) is 0 Å². The fourth-order valence-corrected chi connectivity index (χ4v) is 3.67. The topological polar surface area (TPSA) is 32.3 Å². The number of carbonyl (C=O) groups excluding carboxylic acids is 1. The standard InChI is InChI=1S/C16H30N2O/c1-4-17-15(13-7-5-6-8-13)11-18-10-14(12(2)3)9-16(18)19/h12-15,17H,4-11H2,1-3H3. The van der Waals surface area contributed by atoms with Gasteiger partial charge in [-0.15, -0.1) is 0 Å². The van der Waals surface area contributed by atoms with Crippen LogP contribution in [0.25, 0.3) is 0 Å². The fourth-order valence-electron chi connectivity index (χ4n) is 3.67. The zero-order valence-corrected chi connectivity index (χ0v) is 12.8. The SMILES string of the molecule is CCNC(CN1CC(C(C)C)CC1=O)C1CCCC1. The minimum atomic E-state index is 0.375. The normalized spacial score (nSPS) is 26.6. The molecule has 0 aromatic heterocycles. The molecule has 2 rings (SSSR count). The Morgan fingerprint density at radius 1 is 1.26 bits per heavy atom. The molecule has 3 heteroatoms. The van der Waals surface area contributed by atoms with Crippen LogP contribution in [0.4, 0.5) is 0 Å². The lowest BCUT2D eigenvalue weighted by molar-refractivity contribution is -0.128. The van der Waals surface area contributed by atoms with Crippen LogP contribution in [0.2, 0.25) is 0 Å². The van der Waals surface area contributed by atoms with E-state index in [0.717, 1.165) is 32.0 Å². The van der Waals surface area contributed by atoms with Gasteiger partial charge in [0, 0.05) is 25.6 Å². The van der Waals surface area contributed by atoms with Crippen molar-refractivity contribution in [2.75, 3.05) is 19.6 Å². The lowest BCUT2D eigenvalue weighted by Crippen LogP contribution is -2.45. The van der Waals surface area contributed by atoms with E-state index >= 15 is 0 Å². The van der Waals surface area contributed by atoms with Gasteiger partial charge in [0.05, 0.1) is 0 Å². The third-order valence-corrected chi connectivity index (χ3v) is 5.04. The molecule has 2 fully saturated rings. The third kappa shape index (κ3) is 3.71. The highest BCUT2D eigenvalue weighted by Crippen LogP contribution is 2.30. The van der Waals surface area contributed by atoms with Gasteiger partial charge >= 0.3 is 0 Å². The summed E-state index contributed by atoms with van der Waals surface area (Å²) in [5.74, 6) is 2.35. The number of nitrogens with one attached hydrogen (secondary N) is 1. The summed E-state index contributed by atoms with van der Waals surface area (Å²) in [5, 5.41) is 3.62. The van der Waals surface area contributed by atoms with Crippen LogP contribution in [0.1, 0.15) is 52.9 Å². The molecule has 1 saturated carbocycles. The molecule has 1 heterocycles. The molecule has 1 aliphatic carbocycles. The van der Waals surface area contributed by atoms with Gasteiger partial charge in [0.15, 0.2) is 0 Å². The predicted octanol–water partition coefficient (Wildman–Crippen LogP) is 2.66. The van der Waals surface area contributed by atoms with E-state index in [0.29, 0.717) is 23.8 Å². The molecule has 3 nitrogen and oxygen atoms in total. The van der Waals surface area contributed by atoms with E-state index in [-0.39, 0.29) is 0 Å². The Hall–Kier alpha value is -0.570. The van der Waals surface area contributed by atoms with Crippen molar-refractivity contribution >= 4 is 5.91 Å². The van der Waals surface area contributed by atoms with Gasteiger partial charge in [0.1, 0.15) is 0 Å². The van der Waals surface area contributed by atoms with Crippen LogP contribution >= 0.6 is 0 Å². The second kappa shape index (κ2) is 6.74. The van der Waals surface area contributed by atoms with Gasteiger partial charge in [-0.2, -0.15) is 0 Å². The van der Waals surface area contributed by atoms with Crippen molar-refractivity contribution in [3.05, 3.63) is 0 Å². The van der Waals surface area contributed by atoms with Crippen LogP contribution in [-0.2, 0) is 4.79 Å². The molecule has 2 atom stereocenters. The average molecular weight is 266 g/mol. The third-order valence-electron chi connectivity index (χ3n) is 5.04. The van der Waals surface area contributed by atoms with Gasteiger partial charge in [-0.1, -0.05) is 33.6 Å². The Labute approximate surface area is 118 Å². The van der Waals surface area contributed by atoms with E-state index in [1.54, 1.807) is 0 Å². The first-order valence-corrected chi connectivity index (χ1v) is 8.13. The van der Waals surface area contributed by atoms with Gasteiger partial charge in [0.2, 0.25) is 5.91 Å². The highest BCUT2D eigenvalue weighted by atomic mass is 16.2. The summed E-state index contributed by atoms with van der Waals surface area (Å²) >= 11 is 0. The Balaban J connectivity index is 1.91. The number of carbonyl (C=O) groups is 1. The number of likely N-dealkylation sites (tertiary alicyclic amines) is 1. The maximum atomic E-state index is 12.1. The molecule has 1 saturated heterocycles. The van der Waals surface area contributed by atoms with Crippen molar-refractivity contribution < 1.29 is 4.79 Å². The van der Waals surface area contributed by atoms with E-state index in [4.69, 9.17) is 0 Å². The first-order chi connectivity index (χ1) is 9.11. The molecule has 2 aliphatic rings. The van der Waals surface area contributed by atoms with E-state index in [9.17, 15) is 4.79 Å². The monoisotopic (exact) mass is 266 g/mol. The number of hydrogen-bond acceptors (Lipinski definition) is 2. The van der Waals surface area contributed by atoms with Gasteiger partial charge in [-0.3, -0.25) is 4.79 Å². The lowest BCUT2D eigenvalue weighted by atomic mass is 9.95. The van der Waals surface area contributed by atoms with E-state index < -0.39 is 0 Å². The summed E-state index contributed by atoms with van der Waals surface area (Å²) in [7, 11) is 0. The second-order valence-electron chi connectivity index (χ2n) is 6.72. The highest BCUT2D eigenvalue weighted by Gasteiger charge is 2.34. The molecule has 1 N–H and O–H groups in total. The smallest absolute Gasteiger partial charge is 0.222 e. The van der Waals surface area contributed by atoms with Crippen molar-refractivity contribution in [1.29, 1.82) is 0 Å². The molecular weight excluding hydrogens is 236 g/mol. The van der Waals surface area contributed by atoms with E-state index in [1.165, 1.54) is 25.7 Å². The van der Waals surface area contributed by atoms with Crippen molar-refractivity contribution in [2.45, 2.75) is 58.9 Å². The van der Waals surface area contributed by atoms with Gasteiger partial charge in [-0.05, 0) is 37.1 Å². The molecule has 0 aromatic carbocycles. The fraction of sp³-hybridized carbons (Fsp3) is 0.938. The van der Waals surface area contributed by atoms with Gasteiger partial charge in [0.25, 0.3) is 0 Å². The predicted molar refractivity (Wildman–Crippen MR) is 78.9 cm³/mol. The summed E-state index contributed by atoms with van der Waals surface area (Å²) in [6.07, 6.45) is 6.19. The first kappa shape index (κ1) is 14.8. The lowest BCUT2D eigenvalue weighted by Gasteiger charge is -2.29. The van der Waals surface area contributed by atoms with Crippen molar-refractivity contribution in [3.8, 4) is 0 Å². The van der Waals surface area contributed by atoms with Crippen molar-refractivity contribution in [2.24, 2.45) is 17.8 Å². The average Bonchev–Trinajstić information content (AvgIpc) is 2.99. The maximum absolute atomic E-state index is 12.1. The molecular formula is C16H30N2O. The molecule has 0 radical (unpaired) electrons. The van der Waals surface area contributed by atoms with Crippen LogP contribution in [0, 0.1) is 17.8 Å². The number of rotatable bonds is 6. The van der Waals surface area contributed by atoms with E-state index in [2.05, 4.69) is 31.0 Å². The van der Waals surface area contributed by atoms with Crippen LogP contribution in [-0.4, -0.2) is 36.5 Å². The Morgan fingerprint density at radius 3 is 2.47 bits per heavy atom. The summed E-state index contributed by atoms with van der Waals surface area (Å²) in [6, 6.07) is 0.516. The quantitative estimate of drug-likeness (QED) is 0.801. The molecule has 0 bridgehead atoms. The molecule has 2 unspecified atom stereocenters. The van der Waals surface area contributed by atoms with Crippen LogP contribution in [0.15, 0.2) is 0 Å². The number of nitrogens with zero attached hydrogens (tertiary/aromatic N) is 1. The minimum Gasteiger partial charge on any atom is -0.341 e. The largest absolute Gasteiger partial charge is 0.341 e. The zero-order chi connectivity index (χ0) is 13.8. The molecule has 0 spiro atoms. The van der Waals surface area contributed by atoms with Crippen molar-refractivity contribution in [1.82, 2.24) is 10.2 Å². The summed E-state index contributed by atoms with van der Waals surface area (Å²) < 4.78 is 0. The molecule has 1 aliphatic heterocycles. The molecule has 0 aromatic rings. The van der Waals surface area contributed by atoms with Crippen LogP contribution < -0.4 is 5.32 Å². The molecule has 19 heavy (non-hydrogen) atoms. The summed E-state index contributed by atoms with van der Waals surface area (Å²) in [5.41, 5.74) is 0. The molecule has 1 amide bonds. The number of hydrogen-bond donors (Lipinski definition) is 1. The molecule has 110 valence electrons. The highest BCUT2D eigenvalue weighted by molar-refractivity contribution is 5.78. The van der Waals surface area contributed by atoms with Gasteiger partial charge in [-0.25, -0.2) is 0 Å².